The molecule has 2 aromatic carbocycles. The van der Waals surface area contributed by atoms with Gasteiger partial charge < -0.3 is 14.6 Å². The summed E-state index contributed by atoms with van der Waals surface area (Å²) in [6.45, 7) is 6.07. The number of nitrogens with zero attached hydrogens (tertiary/aromatic N) is 3. The average Bonchev–Trinajstić information content (AvgIpc) is 3.40. The maximum absolute atomic E-state index is 13.5. The van der Waals surface area contributed by atoms with Crippen molar-refractivity contribution in [2.45, 2.75) is 39.0 Å². The van der Waals surface area contributed by atoms with Crippen LogP contribution >= 0.6 is 11.6 Å². The van der Waals surface area contributed by atoms with Crippen molar-refractivity contribution in [2.24, 2.45) is 0 Å². The molecule has 0 unspecified atom stereocenters. The third-order valence-corrected chi connectivity index (χ3v) is 7.73. The normalized spacial score (nSPS) is 11.4. The van der Waals surface area contributed by atoms with E-state index in [1.807, 2.05) is 49.1 Å². The third-order valence-electron chi connectivity index (χ3n) is 5.81. The second kappa shape index (κ2) is 11.1. The summed E-state index contributed by atoms with van der Waals surface area (Å²) in [6, 6.07) is 16.7. The van der Waals surface area contributed by atoms with E-state index in [-0.39, 0.29) is 11.4 Å². The van der Waals surface area contributed by atoms with Gasteiger partial charge in [0.05, 0.1) is 30.4 Å². The lowest BCUT2D eigenvalue weighted by atomic mass is 10.1. The summed E-state index contributed by atoms with van der Waals surface area (Å²) in [5.41, 5.74) is 3.72. The summed E-state index contributed by atoms with van der Waals surface area (Å²) in [6.07, 6.45) is 2.95. The van der Waals surface area contributed by atoms with Gasteiger partial charge >= 0.3 is 0 Å². The molecule has 8 nitrogen and oxygen atoms in total. The number of carbonyl (C=O) groups excluding carboxylic acids is 1. The summed E-state index contributed by atoms with van der Waals surface area (Å²) < 4.78 is 30.7. The van der Waals surface area contributed by atoms with Crippen molar-refractivity contribution in [3.63, 3.8) is 0 Å². The van der Waals surface area contributed by atoms with Crippen molar-refractivity contribution in [1.82, 2.24) is 9.97 Å². The van der Waals surface area contributed by atoms with Gasteiger partial charge in [-0.2, -0.15) is 0 Å². The predicted octanol–water partition coefficient (Wildman–Crippen LogP) is 5.59. The summed E-state index contributed by atoms with van der Waals surface area (Å²) in [4.78, 5) is 23.8. The maximum Gasteiger partial charge on any atom is 0.276 e. The minimum absolute atomic E-state index is 0.0719. The molecular formula is C27H27ClN4O4S. The fourth-order valence-electron chi connectivity index (χ4n) is 3.63. The van der Waals surface area contributed by atoms with E-state index >= 15 is 0 Å². The Balaban J connectivity index is 1.79. The first-order valence-corrected chi connectivity index (χ1v) is 13.7. The molecule has 0 saturated carbocycles. The zero-order valence-corrected chi connectivity index (χ0v) is 22.3. The van der Waals surface area contributed by atoms with Crippen LogP contribution in [0, 0.1) is 13.8 Å². The van der Waals surface area contributed by atoms with Gasteiger partial charge in [0, 0.05) is 17.3 Å². The molecule has 0 fully saturated rings. The van der Waals surface area contributed by atoms with Gasteiger partial charge in [-0.15, -0.1) is 0 Å². The molecule has 0 aliphatic rings. The van der Waals surface area contributed by atoms with Crippen LogP contribution in [0.5, 0.6) is 0 Å². The van der Waals surface area contributed by atoms with Gasteiger partial charge in [-0.1, -0.05) is 54.4 Å². The summed E-state index contributed by atoms with van der Waals surface area (Å²) in [5.74, 6) is -0.118. The van der Waals surface area contributed by atoms with Gasteiger partial charge in [-0.3, -0.25) is 4.79 Å². The number of hydrogen-bond donors (Lipinski definition) is 1. The Labute approximate surface area is 221 Å². The predicted molar refractivity (Wildman–Crippen MR) is 144 cm³/mol. The molecule has 1 amide bonds. The molecule has 0 saturated heterocycles. The Kier molecular flexibility index (Phi) is 7.94. The molecular weight excluding hydrogens is 512 g/mol. The lowest BCUT2D eigenvalue weighted by Crippen LogP contribution is -2.27. The molecule has 0 bridgehead atoms. The maximum atomic E-state index is 13.5. The van der Waals surface area contributed by atoms with E-state index in [0.717, 1.165) is 16.7 Å². The van der Waals surface area contributed by atoms with Gasteiger partial charge in [-0.05, 0) is 49.2 Å². The van der Waals surface area contributed by atoms with E-state index < -0.39 is 20.9 Å². The first kappa shape index (κ1) is 26.4. The molecule has 0 aliphatic carbocycles. The first-order valence-electron chi connectivity index (χ1n) is 11.7. The van der Waals surface area contributed by atoms with Gasteiger partial charge in [0.2, 0.25) is 15.0 Å². The number of hydrogen-bond acceptors (Lipinski definition) is 7. The Morgan fingerprint density at radius 3 is 2.49 bits per heavy atom. The number of carbonyl (C=O) groups is 1. The van der Waals surface area contributed by atoms with Gasteiger partial charge in [-0.25, -0.2) is 18.4 Å². The van der Waals surface area contributed by atoms with Crippen LogP contribution in [0.25, 0.3) is 0 Å². The SMILES string of the molecule is CCS(=O)(=O)c1ncc(N(Cc2ccc(C)cc2)Cc2ccco2)c(C(=O)Nc2ccc(C)c(Cl)c2)n1. The van der Waals surface area contributed by atoms with Gasteiger partial charge in [0.15, 0.2) is 5.69 Å². The number of rotatable bonds is 9. The Morgan fingerprint density at radius 1 is 1.08 bits per heavy atom. The highest BCUT2D eigenvalue weighted by Gasteiger charge is 2.25. The lowest BCUT2D eigenvalue weighted by Gasteiger charge is -2.25. The number of furan rings is 1. The highest BCUT2D eigenvalue weighted by molar-refractivity contribution is 7.91. The van der Waals surface area contributed by atoms with Crippen molar-refractivity contribution in [3.05, 3.63) is 100 Å². The van der Waals surface area contributed by atoms with Crippen LogP contribution in [-0.4, -0.2) is 30.0 Å². The van der Waals surface area contributed by atoms with Crippen LogP contribution in [0.15, 0.2) is 76.6 Å². The van der Waals surface area contributed by atoms with Crippen molar-refractivity contribution in [1.29, 1.82) is 0 Å². The highest BCUT2D eigenvalue weighted by atomic mass is 35.5. The largest absolute Gasteiger partial charge is 0.467 e. The Morgan fingerprint density at radius 2 is 1.84 bits per heavy atom. The van der Waals surface area contributed by atoms with Gasteiger partial charge in [0.1, 0.15) is 5.76 Å². The van der Waals surface area contributed by atoms with E-state index in [9.17, 15) is 13.2 Å². The summed E-state index contributed by atoms with van der Waals surface area (Å²) in [7, 11) is -3.76. The van der Waals surface area contributed by atoms with E-state index in [4.69, 9.17) is 16.0 Å². The fourth-order valence-corrected chi connectivity index (χ4v) is 4.51. The van der Waals surface area contributed by atoms with E-state index in [1.54, 1.807) is 30.5 Å². The standard InChI is InChI=1S/C27H27ClN4O4S/c1-4-37(34,35)27-29-15-24(25(31-27)26(33)30-21-12-9-19(3)23(28)14-21)32(17-22-6-5-13-36-22)16-20-10-7-18(2)8-11-20/h5-15H,4,16-17H2,1-3H3,(H,30,33). The lowest BCUT2D eigenvalue weighted by molar-refractivity contribution is 0.102. The topological polar surface area (TPSA) is 105 Å². The molecule has 2 heterocycles. The molecule has 0 radical (unpaired) electrons. The molecule has 2 aromatic heterocycles. The molecule has 0 atom stereocenters. The smallest absolute Gasteiger partial charge is 0.276 e. The molecule has 1 N–H and O–H groups in total. The Hall–Kier alpha value is -3.69. The molecule has 0 aliphatic heterocycles. The number of benzene rings is 2. The highest BCUT2D eigenvalue weighted by Crippen LogP contribution is 2.27. The second-order valence-electron chi connectivity index (χ2n) is 8.63. The van der Waals surface area contributed by atoms with Crippen LogP contribution in [0.4, 0.5) is 11.4 Å². The monoisotopic (exact) mass is 538 g/mol. The number of anilines is 2. The van der Waals surface area contributed by atoms with Crippen LogP contribution in [-0.2, 0) is 22.9 Å². The fraction of sp³-hybridized carbons (Fsp3) is 0.222. The number of aryl methyl sites for hydroxylation is 2. The quantitative estimate of drug-likeness (QED) is 0.277. The zero-order chi connectivity index (χ0) is 26.6. The van der Waals surface area contributed by atoms with Crippen LogP contribution in [0.3, 0.4) is 0 Å². The molecule has 0 spiro atoms. The average molecular weight is 539 g/mol. The van der Waals surface area contributed by atoms with E-state index in [2.05, 4.69) is 15.3 Å². The third kappa shape index (κ3) is 6.36. The van der Waals surface area contributed by atoms with Crippen molar-refractivity contribution < 1.29 is 17.6 Å². The van der Waals surface area contributed by atoms with Gasteiger partial charge in [0.25, 0.3) is 5.91 Å². The second-order valence-corrected chi connectivity index (χ2v) is 11.2. The van der Waals surface area contributed by atoms with Crippen LogP contribution < -0.4 is 10.2 Å². The number of aromatic nitrogens is 2. The van der Waals surface area contributed by atoms with Crippen LogP contribution in [0.1, 0.15) is 39.9 Å². The van der Waals surface area contributed by atoms with E-state index in [0.29, 0.717) is 35.2 Å². The molecule has 37 heavy (non-hydrogen) atoms. The minimum Gasteiger partial charge on any atom is -0.467 e. The summed E-state index contributed by atoms with van der Waals surface area (Å²) >= 11 is 6.23. The number of halogens is 1. The van der Waals surface area contributed by atoms with Crippen molar-refractivity contribution in [3.8, 4) is 0 Å². The molecule has 4 rings (SSSR count). The Bertz CT molecular complexity index is 1500. The molecule has 4 aromatic rings. The summed E-state index contributed by atoms with van der Waals surface area (Å²) in [5, 5.41) is 2.88. The number of amides is 1. The number of sulfone groups is 1. The van der Waals surface area contributed by atoms with Crippen molar-refractivity contribution in [2.75, 3.05) is 16.0 Å². The number of nitrogens with one attached hydrogen (secondary N) is 1. The van der Waals surface area contributed by atoms with Crippen LogP contribution in [0.2, 0.25) is 5.02 Å². The molecule has 10 heteroatoms. The zero-order valence-electron chi connectivity index (χ0n) is 20.7. The first-order chi connectivity index (χ1) is 17.7. The minimum atomic E-state index is -3.76. The van der Waals surface area contributed by atoms with Crippen molar-refractivity contribution >= 4 is 38.7 Å². The van der Waals surface area contributed by atoms with E-state index in [1.165, 1.54) is 13.1 Å². The molecule has 192 valence electrons.